The minimum atomic E-state index is 0.000909. The summed E-state index contributed by atoms with van der Waals surface area (Å²) >= 11 is 0. The first-order chi connectivity index (χ1) is 11.1. The van der Waals surface area contributed by atoms with E-state index in [1.54, 1.807) is 0 Å². The molecule has 0 bridgehead atoms. The molecule has 0 aromatic heterocycles. The van der Waals surface area contributed by atoms with Crippen molar-refractivity contribution in [3.05, 3.63) is 77.8 Å². The van der Waals surface area contributed by atoms with Gasteiger partial charge in [0.05, 0.1) is 11.7 Å². The van der Waals surface area contributed by atoms with Gasteiger partial charge in [-0.1, -0.05) is 18.2 Å². The Hall–Kier alpha value is -3.08. The Kier molecular flexibility index (Phi) is 4.10. The molecule has 0 saturated carbocycles. The molecule has 0 spiro atoms. The van der Waals surface area contributed by atoms with Crippen LogP contribution >= 0.6 is 0 Å². The molecule has 0 saturated heterocycles. The number of hydrogen-bond donors (Lipinski definition) is 5. The van der Waals surface area contributed by atoms with Gasteiger partial charge < -0.3 is 27.8 Å². The zero-order valence-corrected chi connectivity index (χ0v) is 12.8. The smallest absolute Gasteiger partial charge is 0.0713 e. The topological polar surface area (TPSA) is 102 Å². The minimum absolute atomic E-state index is 0.000909. The fourth-order valence-corrected chi connectivity index (χ4v) is 2.54. The first kappa shape index (κ1) is 14.8. The Morgan fingerprint density at radius 3 is 2.22 bits per heavy atom. The Morgan fingerprint density at radius 2 is 1.52 bits per heavy atom. The molecule has 3 rings (SSSR count). The van der Waals surface area contributed by atoms with Crippen LogP contribution in [-0.2, 0) is 0 Å². The summed E-state index contributed by atoms with van der Waals surface area (Å²) in [6, 6.07) is 17.6. The number of allylic oxidation sites excluding steroid dienone is 1. The molecule has 1 aliphatic carbocycles. The Morgan fingerprint density at radius 1 is 0.826 bits per heavy atom. The summed E-state index contributed by atoms with van der Waals surface area (Å²) in [6.07, 6.45) is 2.50. The summed E-state index contributed by atoms with van der Waals surface area (Å²) in [5.41, 5.74) is 23.0. The highest BCUT2D eigenvalue weighted by Gasteiger charge is 2.20. The lowest BCUT2D eigenvalue weighted by atomic mass is 9.99. The highest BCUT2D eigenvalue weighted by atomic mass is 15.0. The molecular formula is C18H21N5. The summed E-state index contributed by atoms with van der Waals surface area (Å²) in [5.74, 6) is 0. The van der Waals surface area contributed by atoms with Crippen LogP contribution in [0.25, 0.3) is 0 Å². The van der Waals surface area contributed by atoms with Crippen molar-refractivity contribution >= 4 is 17.1 Å². The van der Waals surface area contributed by atoms with Crippen LogP contribution in [0.3, 0.4) is 0 Å². The van der Waals surface area contributed by atoms with Gasteiger partial charge in [-0.3, -0.25) is 0 Å². The second kappa shape index (κ2) is 6.36. The van der Waals surface area contributed by atoms with Crippen molar-refractivity contribution in [2.75, 3.05) is 16.4 Å². The summed E-state index contributed by atoms with van der Waals surface area (Å²) in [7, 11) is 0. The molecule has 0 aliphatic heterocycles. The van der Waals surface area contributed by atoms with Crippen LogP contribution in [0, 0.1) is 0 Å². The van der Waals surface area contributed by atoms with Crippen LogP contribution in [0.1, 0.15) is 6.42 Å². The van der Waals surface area contributed by atoms with E-state index in [2.05, 4.69) is 10.6 Å². The van der Waals surface area contributed by atoms with E-state index in [-0.39, 0.29) is 6.04 Å². The first-order valence-electron chi connectivity index (χ1n) is 7.51. The summed E-state index contributed by atoms with van der Waals surface area (Å²) in [5, 5.41) is 6.79. The third kappa shape index (κ3) is 3.58. The quantitative estimate of drug-likeness (QED) is 0.559. The average Bonchev–Trinajstić information content (AvgIpc) is 2.55. The SMILES string of the molecule is NC1=CC(N)=C(Nc2ccc(N)cc2)CC1Nc1ccccc1. The lowest BCUT2D eigenvalue weighted by molar-refractivity contribution is 0.772. The Balaban J connectivity index is 1.75. The maximum absolute atomic E-state index is 6.13. The molecule has 23 heavy (non-hydrogen) atoms. The highest BCUT2D eigenvalue weighted by molar-refractivity contribution is 5.57. The van der Waals surface area contributed by atoms with Gasteiger partial charge >= 0.3 is 0 Å². The van der Waals surface area contributed by atoms with E-state index in [0.29, 0.717) is 12.1 Å². The van der Waals surface area contributed by atoms with Crippen LogP contribution in [0.15, 0.2) is 77.8 Å². The van der Waals surface area contributed by atoms with Crippen molar-refractivity contribution in [3.8, 4) is 0 Å². The van der Waals surface area contributed by atoms with Gasteiger partial charge in [-0.15, -0.1) is 0 Å². The molecule has 1 unspecified atom stereocenters. The molecule has 0 amide bonds. The van der Waals surface area contributed by atoms with Crippen LogP contribution < -0.4 is 27.8 Å². The number of nitrogen functional groups attached to an aromatic ring is 1. The Labute approximate surface area is 135 Å². The second-order valence-corrected chi connectivity index (χ2v) is 5.59. The van der Waals surface area contributed by atoms with Crippen molar-refractivity contribution in [2.45, 2.75) is 12.5 Å². The second-order valence-electron chi connectivity index (χ2n) is 5.59. The van der Waals surface area contributed by atoms with E-state index in [0.717, 1.165) is 28.5 Å². The largest absolute Gasteiger partial charge is 0.400 e. The van der Waals surface area contributed by atoms with Gasteiger partial charge in [0.2, 0.25) is 0 Å². The molecular weight excluding hydrogens is 286 g/mol. The number of para-hydroxylation sites is 1. The maximum Gasteiger partial charge on any atom is 0.0713 e. The normalized spacial score (nSPS) is 17.6. The van der Waals surface area contributed by atoms with Gasteiger partial charge in [0.1, 0.15) is 0 Å². The third-order valence-corrected chi connectivity index (χ3v) is 3.80. The lowest BCUT2D eigenvalue weighted by Crippen LogP contribution is -2.32. The van der Waals surface area contributed by atoms with Gasteiger partial charge in [0, 0.05) is 34.9 Å². The average molecular weight is 307 g/mol. The van der Waals surface area contributed by atoms with E-state index in [9.17, 15) is 0 Å². The van der Waals surface area contributed by atoms with Crippen LogP contribution in [-0.4, -0.2) is 6.04 Å². The molecule has 8 N–H and O–H groups in total. The zero-order chi connectivity index (χ0) is 16.2. The van der Waals surface area contributed by atoms with Crippen molar-refractivity contribution in [1.29, 1.82) is 0 Å². The molecule has 5 nitrogen and oxygen atoms in total. The number of hydrogen-bond acceptors (Lipinski definition) is 5. The zero-order valence-electron chi connectivity index (χ0n) is 12.8. The summed E-state index contributed by atoms with van der Waals surface area (Å²) in [6.45, 7) is 0. The van der Waals surface area contributed by atoms with Crippen LogP contribution in [0.2, 0.25) is 0 Å². The lowest BCUT2D eigenvalue weighted by Gasteiger charge is -2.27. The van der Waals surface area contributed by atoms with Gasteiger partial charge in [-0.05, 0) is 42.5 Å². The molecule has 0 heterocycles. The number of anilines is 3. The maximum atomic E-state index is 6.13. The molecule has 5 heteroatoms. The predicted molar refractivity (Wildman–Crippen MR) is 96.4 cm³/mol. The number of rotatable bonds is 4. The van der Waals surface area contributed by atoms with Crippen molar-refractivity contribution in [2.24, 2.45) is 11.5 Å². The van der Waals surface area contributed by atoms with E-state index >= 15 is 0 Å². The van der Waals surface area contributed by atoms with E-state index in [4.69, 9.17) is 17.2 Å². The summed E-state index contributed by atoms with van der Waals surface area (Å²) in [4.78, 5) is 0. The van der Waals surface area contributed by atoms with E-state index < -0.39 is 0 Å². The minimum Gasteiger partial charge on any atom is -0.400 e. The first-order valence-corrected chi connectivity index (χ1v) is 7.51. The molecule has 1 atom stereocenters. The fraction of sp³-hybridized carbons (Fsp3) is 0.111. The van der Waals surface area contributed by atoms with E-state index in [1.165, 1.54) is 0 Å². The number of nitrogens with two attached hydrogens (primary N) is 3. The van der Waals surface area contributed by atoms with Gasteiger partial charge in [0.25, 0.3) is 0 Å². The van der Waals surface area contributed by atoms with Crippen molar-refractivity contribution < 1.29 is 0 Å². The van der Waals surface area contributed by atoms with Crippen LogP contribution in [0.4, 0.5) is 17.1 Å². The van der Waals surface area contributed by atoms with Crippen molar-refractivity contribution in [1.82, 2.24) is 0 Å². The third-order valence-electron chi connectivity index (χ3n) is 3.80. The van der Waals surface area contributed by atoms with Gasteiger partial charge in [-0.2, -0.15) is 0 Å². The molecule has 118 valence electrons. The van der Waals surface area contributed by atoms with Gasteiger partial charge in [0.15, 0.2) is 0 Å². The van der Waals surface area contributed by atoms with Gasteiger partial charge in [-0.25, -0.2) is 0 Å². The molecule has 0 radical (unpaired) electrons. The molecule has 1 aliphatic rings. The predicted octanol–water partition coefficient (Wildman–Crippen LogP) is 2.58. The molecule has 2 aromatic carbocycles. The highest BCUT2D eigenvalue weighted by Crippen LogP contribution is 2.24. The molecule has 0 fully saturated rings. The van der Waals surface area contributed by atoms with Crippen molar-refractivity contribution in [3.63, 3.8) is 0 Å². The van der Waals surface area contributed by atoms with E-state index in [1.807, 2.05) is 60.7 Å². The number of benzene rings is 2. The molecule has 2 aromatic rings. The number of nitrogens with one attached hydrogen (secondary N) is 2. The standard InChI is InChI=1S/C18H21N5/c19-12-6-8-14(9-7-12)23-18-11-17(15(20)10-16(18)21)22-13-4-2-1-3-5-13/h1-10,17,22-23H,11,19-21H2. The monoisotopic (exact) mass is 307 g/mol. The summed E-state index contributed by atoms with van der Waals surface area (Å²) < 4.78 is 0. The van der Waals surface area contributed by atoms with Crippen LogP contribution in [0.5, 0.6) is 0 Å². The fourth-order valence-electron chi connectivity index (χ4n) is 2.54. The Bertz CT molecular complexity index is 732.